The first-order chi connectivity index (χ1) is 12.2. The van der Waals surface area contributed by atoms with Gasteiger partial charge >= 0.3 is 0 Å². The van der Waals surface area contributed by atoms with Crippen LogP contribution in [0.3, 0.4) is 0 Å². The van der Waals surface area contributed by atoms with Crippen molar-refractivity contribution in [3.63, 3.8) is 0 Å². The van der Waals surface area contributed by atoms with Crippen LogP contribution in [0.2, 0.25) is 0 Å². The fraction of sp³-hybridized carbons (Fsp3) is 0.316. The first-order valence-corrected chi connectivity index (χ1v) is 9.81. The van der Waals surface area contributed by atoms with E-state index in [1.54, 1.807) is 18.2 Å². The van der Waals surface area contributed by atoms with Crippen molar-refractivity contribution in [3.8, 4) is 0 Å². The summed E-state index contributed by atoms with van der Waals surface area (Å²) in [5.41, 5.74) is 3.65. The van der Waals surface area contributed by atoms with Crippen LogP contribution >= 0.6 is 0 Å². The van der Waals surface area contributed by atoms with Crippen molar-refractivity contribution in [1.82, 2.24) is 4.72 Å². The van der Waals surface area contributed by atoms with E-state index < -0.39 is 10.0 Å². The number of hydrogen-bond donors (Lipinski definition) is 2. The van der Waals surface area contributed by atoms with Crippen LogP contribution in [-0.2, 0) is 14.8 Å². The Labute approximate surface area is 155 Å². The molecule has 0 spiro atoms. The van der Waals surface area contributed by atoms with Crippen LogP contribution in [0.15, 0.2) is 47.4 Å². The molecule has 0 aromatic heterocycles. The maximum atomic E-state index is 12.3. The Balaban J connectivity index is 1.88. The number of anilines is 2. The highest BCUT2D eigenvalue weighted by Crippen LogP contribution is 2.16. The molecule has 0 atom stereocenters. The first-order valence-electron chi connectivity index (χ1n) is 8.33. The number of aryl methyl sites for hydroxylation is 2. The van der Waals surface area contributed by atoms with Crippen LogP contribution in [0, 0.1) is 13.8 Å². The number of sulfonamides is 1. The topological polar surface area (TPSA) is 78.5 Å². The summed E-state index contributed by atoms with van der Waals surface area (Å²) < 4.78 is 27.0. The zero-order chi connectivity index (χ0) is 19.3. The summed E-state index contributed by atoms with van der Waals surface area (Å²) in [5, 5.41) is 2.76. The number of carbonyl (C=O) groups is 1. The van der Waals surface area contributed by atoms with Crippen LogP contribution in [0.4, 0.5) is 11.4 Å². The lowest BCUT2D eigenvalue weighted by molar-refractivity contribution is -0.116. The van der Waals surface area contributed by atoms with Crippen LogP contribution in [0.1, 0.15) is 17.5 Å². The van der Waals surface area contributed by atoms with E-state index in [1.807, 2.05) is 57.1 Å². The van der Waals surface area contributed by atoms with E-state index in [2.05, 4.69) is 10.0 Å². The van der Waals surface area contributed by atoms with Gasteiger partial charge in [0.05, 0.1) is 4.90 Å². The fourth-order valence-corrected chi connectivity index (χ4v) is 3.45. The average Bonchev–Trinajstić information content (AvgIpc) is 2.57. The Kier molecular flexibility index (Phi) is 6.39. The van der Waals surface area contributed by atoms with Gasteiger partial charge in [0.1, 0.15) is 0 Å². The Morgan fingerprint density at radius 2 is 1.65 bits per heavy atom. The smallest absolute Gasteiger partial charge is 0.240 e. The number of rotatable bonds is 7. The number of nitrogens with one attached hydrogen (secondary N) is 2. The van der Waals surface area contributed by atoms with Gasteiger partial charge in [0.15, 0.2) is 0 Å². The standard InChI is InChI=1S/C19H25N3O3S/c1-14-5-10-18(13-15(14)2)26(24,25)20-12-11-19(23)21-16-6-8-17(9-7-16)22(3)4/h5-10,13,20H,11-12H2,1-4H3,(H,21,23). The molecule has 2 rings (SSSR count). The fourth-order valence-electron chi connectivity index (χ4n) is 2.33. The van der Waals surface area contributed by atoms with Gasteiger partial charge in [-0.05, 0) is 61.4 Å². The second kappa shape index (κ2) is 8.33. The molecule has 0 bridgehead atoms. The van der Waals surface area contributed by atoms with E-state index in [0.717, 1.165) is 16.8 Å². The molecular weight excluding hydrogens is 350 g/mol. The third-order valence-corrected chi connectivity index (χ3v) is 5.56. The van der Waals surface area contributed by atoms with Gasteiger partial charge in [0.25, 0.3) is 0 Å². The van der Waals surface area contributed by atoms with E-state index in [1.165, 1.54) is 0 Å². The molecule has 0 aliphatic rings. The molecule has 0 radical (unpaired) electrons. The van der Waals surface area contributed by atoms with Crippen molar-refractivity contribution in [3.05, 3.63) is 53.6 Å². The normalized spacial score (nSPS) is 11.2. The maximum Gasteiger partial charge on any atom is 0.240 e. The third-order valence-electron chi connectivity index (χ3n) is 4.10. The SMILES string of the molecule is Cc1ccc(S(=O)(=O)NCCC(=O)Nc2ccc(N(C)C)cc2)cc1C. The van der Waals surface area contributed by atoms with Gasteiger partial charge in [-0.15, -0.1) is 0 Å². The van der Waals surface area contributed by atoms with Gasteiger partial charge in [0.2, 0.25) is 15.9 Å². The maximum absolute atomic E-state index is 12.3. The molecule has 0 heterocycles. The molecule has 2 aromatic rings. The zero-order valence-electron chi connectivity index (χ0n) is 15.5. The molecule has 0 aliphatic carbocycles. The molecule has 0 unspecified atom stereocenters. The average molecular weight is 375 g/mol. The van der Waals surface area contributed by atoms with Crippen molar-refractivity contribution < 1.29 is 13.2 Å². The molecule has 6 nitrogen and oxygen atoms in total. The largest absolute Gasteiger partial charge is 0.378 e. The number of benzene rings is 2. The lowest BCUT2D eigenvalue weighted by Crippen LogP contribution is -2.28. The van der Waals surface area contributed by atoms with Crippen molar-refractivity contribution >= 4 is 27.3 Å². The predicted octanol–water partition coefficient (Wildman–Crippen LogP) is 2.68. The minimum Gasteiger partial charge on any atom is -0.378 e. The van der Waals surface area contributed by atoms with E-state index in [9.17, 15) is 13.2 Å². The van der Waals surface area contributed by atoms with Crippen molar-refractivity contribution in [2.24, 2.45) is 0 Å². The molecule has 0 fully saturated rings. The summed E-state index contributed by atoms with van der Waals surface area (Å²) in [6.07, 6.45) is 0.0551. The van der Waals surface area contributed by atoms with Gasteiger partial charge in [-0.25, -0.2) is 13.1 Å². The number of carbonyl (C=O) groups excluding carboxylic acids is 1. The van der Waals surface area contributed by atoms with E-state index in [4.69, 9.17) is 0 Å². The third kappa shape index (κ3) is 5.31. The Morgan fingerprint density at radius 3 is 2.23 bits per heavy atom. The minimum absolute atomic E-state index is 0.0386. The highest BCUT2D eigenvalue weighted by molar-refractivity contribution is 7.89. The van der Waals surface area contributed by atoms with E-state index in [-0.39, 0.29) is 23.8 Å². The quantitative estimate of drug-likeness (QED) is 0.780. The summed E-state index contributed by atoms with van der Waals surface area (Å²) in [4.78, 5) is 14.2. The van der Waals surface area contributed by atoms with Crippen LogP contribution in [0.25, 0.3) is 0 Å². The molecule has 0 saturated carbocycles. The van der Waals surface area contributed by atoms with Gasteiger partial charge < -0.3 is 10.2 Å². The summed E-state index contributed by atoms with van der Waals surface area (Å²) >= 11 is 0. The highest BCUT2D eigenvalue weighted by Gasteiger charge is 2.15. The molecule has 2 N–H and O–H groups in total. The van der Waals surface area contributed by atoms with Gasteiger partial charge in [-0.1, -0.05) is 6.07 Å². The molecule has 26 heavy (non-hydrogen) atoms. The van der Waals surface area contributed by atoms with E-state index >= 15 is 0 Å². The molecule has 0 aliphatic heterocycles. The Hall–Kier alpha value is -2.38. The van der Waals surface area contributed by atoms with Crippen molar-refractivity contribution in [2.45, 2.75) is 25.2 Å². The minimum atomic E-state index is -3.62. The zero-order valence-corrected chi connectivity index (χ0v) is 16.4. The summed E-state index contributed by atoms with van der Waals surface area (Å²) in [5.74, 6) is -0.245. The molecule has 7 heteroatoms. The Morgan fingerprint density at radius 1 is 1.00 bits per heavy atom. The van der Waals surface area contributed by atoms with Crippen LogP contribution in [0.5, 0.6) is 0 Å². The Bertz CT molecular complexity index is 875. The summed E-state index contributed by atoms with van der Waals surface area (Å²) in [7, 11) is 0.261. The van der Waals surface area contributed by atoms with Gasteiger partial charge in [0, 0.05) is 38.4 Å². The van der Waals surface area contributed by atoms with Gasteiger partial charge in [-0.3, -0.25) is 4.79 Å². The first kappa shape index (κ1) is 19.9. The van der Waals surface area contributed by atoms with Crippen molar-refractivity contribution in [2.75, 3.05) is 30.9 Å². The van der Waals surface area contributed by atoms with Gasteiger partial charge in [-0.2, -0.15) is 0 Å². The molecule has 2 aromatic carbocycles. The molecule has 140 valence electrons. The number of amides is 1. The van der Waals surface area contributed by atoms with Crippen molar-refractivity contribution in [1.29, 1.82) is 0 Å². The lowest BCUT2D eigenvalue weighted by Gasteiger charge is -2.13. The second-order valence-corrected chi connectivity index (χ2v) is 8.15. The number of hydrogen-bond acceptors (Lipinski definition) is 4. The van der Waals surface area contributed by atoms with Crippen LogP contribution < -0.4 is 14.9 Å². The predicted molar refractivity (Wildman–Crippen MR) is 105 cm³/mol. The highest BCUT2D eigenvalue weighted by atomic mass is 32.2. The number of nitrogens with zero attached hydrogens (tertiary/aromatic N) is 1. The van der Waals surface area contributed by atoms with E-state index in [0.29, 0.717) is 5.69 Å². The molecular formula is C19H25N3O3S. The second-order valence-electron chi connectivity index (χ2n) is 6.38. The monoisotopic (exact) mass is 375 g/mol. The molecule has 0 saturated heterocycles. The van der Waals surface area contributed by atoms with Crippen LogP contribution in [-0.4, -0.2) is 35.0 Å². The summed E-state index contributed by atoms with van der Waals surface area (Å²) in [6.45, 7) is 3.83. The lowest BCUT2D eigenvalue weighted by atomic mass is 10.1. The summed E-state index contributed by atoms with van der Waals surface area (Å²) in [6, 6.07) is 12.4. The molecule has 1 amide bonds.